The molecular weight excluding hydrogens is 464 g/mol. The Morgan fingerprint density at radius 1 is 0.722 bits per heavy atom. The SMILES string of the molecule is COC(=O)C(C(=O)OC)=C1C=C(NC2CCCCC2NC2=C/C(=C(\C=O)C(=O)OC)CCC2)CCC1. The summed E-state index contributed by atoms with van der Waals surface area (Å²) in [7, 11) is 3.77. The van der Waals surface area contributed by atoms with Crippen LogP contribution in [0.4, 0.5) is 0 Å². The average molecular weight is 501 g/mol. The predicted octanol–water partition coefficient (Wildman–Crippen LogP) is 2.92. The zero-order valence-electron chi connectivity index (χ0n) is 21.3. The Hall–Kier alpha value is -3.36. The first-order chi connectivity index (χ1) is 17.4. The third-order valence-electron chi connectivity index (χ3n) is 6.96. The summed E-state index contributed by atoms with van der Waals surface area (Å²) in [5.41, 5.74) is 3.34. The van der Waals surface area contributed by atoms with E-state index in [1.54, 1.807) is 0 Å². The summed E-state index contributed by atoms with van der Waals surface area (Å²) in [4.78, 5) is 47.9. The molecule has 3 aliphatic carbocycles. The fourth-order valence-corrected chi connectivity index (χ4v) is 5.15. The van der Waals surface area contributed by atoms with Crippen LogP contribution in [-0.2, 0) is 33.4 Å². The van der Waals surface area contributed by atoms with E-state index in [4.69, 9.17) is 14.2 Å². The fraction of sp³-hybridized carbons (Fsp3) is 0.556. The molecule has 2 N–H and O–H groups in total. The molecule has 3 aliphatic rings. The van der Waals surface area contributed by atoms with Crippen LogP contribution in [0.5, 0.6) is 0 Å². The first-order valence-corrected chi connectivity index (χ1v) is 12.5. The summed E-state index contributed by atoms with van der Waals surface area (Å²) < 4.78 is 14.4. The number of allylic oxidation sites excluding steroid dienone is 6. The van der Waals surface area contributed by atoms with Crippen molar-refractivity contribution in [3.63, 3.8) is 0 Å². The van der Waals surface area contributed by atoms with E-state index in [1.807, 2.05) is 12.2 Å². The van der Waals surface area contributed by atoms with Crippen molar-refractivity contribution in [1.82, 2.24) is 10.6 Å². The van der Waals surface area contributed by atoms with E-state index >= 15 is 0 Å². The maximum atomic E-state index is 12.2. The van der Waals surface area contributed by atoms with Gasteiger partial charge in [-0.15, -0.1) is 0 Å². The van der Waals surface area contributed by atoms with Crippen LogP contribution in [0.15, 0.2) is 45.8 Å². The number of aldehydes is 1. The van der Waals surface area contributed by atoms with E-state index in [1.165, 1.54) is 21.3 Å². The summed E-state index contributed by atoms with van der Waals surface area (Å²) in [6, 6.07) is 0.323. The topological polar surface area (TPSA) is 120 Å². The molecule has 0 aliphatic heterocycles. The highest BCUT2D eigenvalue weighted by Gasteiger charge is 2.29. The van der Waals surface area contributed by atoms with Gasteiger partial charge in [-0.2, -0.15) is 0 Å². The van der Waals surface area contributed by atoms with Crippen LogP contribution >= 0.6 is 0 Å². The number of ether oxygens (including phenoxy) is 3. The van der Waals surface area contributed by atoms with Crippen molar-refractivity contribution in [2.24, 2.45) is 0 Å². The van der Waals surface area contributed by atoms with Crippen molar-refractivity contribution in [2.45, 2.75) is 76.3 Å². The van der Waals surface area contributed by atoms with E-state index in [9.17, 15) is 19.2 Å². The number of esters is 3. The number of carbonyl (C=O) groups excluding carboxylic acids is 4. The Balaban J connectivity index is 1.80. The molecule has 196 valence electrons. The summed E-state index contributed by atoms with van der Waals surface area (Å²) in [6.07, 6.45) is 13.1. The molecule has 9 nitrogen and oxygen atoms in total. The number of rotatable bonds is 8. The minimum absolute atomic E-state index is 0.0550. The van der Waals surface area contributed by atoms with Gasteiger partial charge in [0.25, 0.3) is 0 Å². The molecule has 0 amide bonds. The number of nitrogens with one attached hydrogen (secondary N) is 2. The van der Waals surface area contributed by atoms with Gasteiger partial charge in [0, 0.05) is 23.5 Å². The smallest absolute Gasteiger partial charge is 0.345 e. The molecule has 2 atom stereocenters. The number of hydrogen-bond donors (Lipinski definition) is 2. The maximum absolute atomic E-state index is 12.2. The molecule has 0 aromatic rings. The number of methoxy groups -OCH3 is 3. The summed E-state index contributed by atoms with van der Waals surface area (Å²) in [5, 5.41) is 7.32. The predicted molar refractivity (Wildman–Crippen MR) is 132 cm³/mol. The standard InChI is InChI=1S/C27H36N2O7/c1-34-25(31)21(16-30)17-8-6-10-19(14-17)28-22-12-4-5-13-23(22)29-20-11-7-9-18(15-20)24(26(32)35-2)27(33)36-3/h14-16,22-23,28-29H,4-13H2,1-3H3/b21-17+. The highest BCUT2D eigenvalue weighted by Crippen LogP contribution is 2.29. The van der Waals surface area contributed by atoms with E-state index in [0.717, 1.165) is 62.8 Å². The van der Waals surface area contributed by atoms with Gasteiger partial charge >= 0.3 is 17.9 Å². The van der Waals surface area contributed by atoms with Crippen molar-refractivity contribution >= 4 is 24.2 Å². The van der Waals surface area contributed by atoms with Crippen molar-refractivity contribution < 1.29 is 33.4 Å². The molecule has 1 saturated carbocycles. The molecule has 0 aromatic heterocycles. The quantitative estimate of drug-likeness (QED) is 0.129. The van der Waals surface area contributed by atoms with Crippen LogP contribution in [0.3, 0.4) is 0 Å². The first kappa shape index (κ1) is 27.2. The Labute approximate surface area is 212 Å². The highest BCUT2D eigenvalue weighted by atomic mass is 16.5. The second-order valence-corrected chi connectivity index (χ2v) is 9.26. The van der Waals surface area contributed by atoms with E-state index < -0.39 is 17.9 Å². The summed E-state index contributed by atoms with van der Waals surface area (Å²) in [5.74, 6) is -2.00. The molecule has 0 aromatic carbocycles. The third kappa shape index (κ3) is 6.65. The molecule has 0 saturated heterocycles. The lowest BCUT2D eigenvalue weighted by molar-refractivity contribution is -0.144. The molecule has 0 spiro atoms. The Morgan fingerprint density at radius 2 is 1.19 bits per heavy atom. The van der Waals surface area contributed by atoms with Crippen molar-refractivity contribution in [3.8, 4) is 0 Å². The fourth-order valence-electron chi connectivity index (χ4n) is 5.15. The number of carbonyl (C=O) groups is 4. The molecule has 36 heavy (non-hydrogen) atoms. The van der Waals surface area contributed by atoms with Gasteiger partial charge in [-0.3, -0.25) is 4.79 Å². The molecular formula is C27H36N2O7. The largest absolute Gasteiger partial charge is 0.465 e. The van der Waals surface area contributed by atoms with E-state index in [-0.39, 0.29) is 23.2 Å². The van der Waals surface area contributed by atoms with Crippen LogP contribution in [0.2, 0.25) is 0 Å². The van der Waals surface area contributed by atoms with E-state index in [2.05, 4.69) is 10.6 Å². The monoisotopic (exact) mass is 500 g/mol. The summed E-state index contributed by atoms with van der Waals surface area (Å²) in [6.45, 7) is 0. The van der Waals surface area contributed by atoms with Crippen LogP contribution in [0, 0.1) is 0 Å². The highest BCUT2D eigenvalue weighted by molar-refractivity contribution is 6.15. The van der Waals surface area contributed by atoms with Gasteiger partial charge in [-0.25, -0.2) is 14.4 Å². The zero-order chi connectivity index (χ0) is 26.1. The van der Waals surface area contributed by atoms with Gasteiger partial charge in [0.15, 0.2) is 6.29 Å². The lowest BCUT2D eigenvalue weighted by Gasteiger charge is -2.37. The van der Waals surface area contributed by atoms with Crippen molar-refractivity contribution in [3.05, 3.63) is 45.8 Å². The van der Waals surface area contributed by atoms with Crippen LogP contribution in [0.1, 0.15) is 64.2 Å². The van der Waals surface area contributed by atoms with Crippen LogP contribution in [0.25, 0.3) is 0 Å². The lowest BCUT2D eigenvalue weighted by atomic mass is 9.87. The Kier molecular flexibility index (Phi) is 9.90. The second-order valence-electron chi connectivity index (χ2n) is 9.26. The van der Waals surface area contributed by atoms with Gasteiger partial charge in [0.2, 0.25) is 0 Å². The Morgan fingerprint density at radius 3 is 1.67 bits per heavy atom. The number of hydrogen-bond acceptors (Lipinski definition) is 9. The molecule has 0 radical (unpaired) electrons. The van der Waals surface area contributed by atoms with Crippen molar-refractivity contribution in [2.75, 3.05) is 21.3 Å². The van der Waals surface area contributed by atoms with Gasteiger partial charge in [-0.1, -0.05) is 12.8 Å². The lowest BCUT2D eigenvalue weighted by Crippen LogP contribution is -2.49. The minimum atomic E-state index is -0.693. The van der Waals surface area contributed by atoms with Gasteiger partial charge < -0.3 is 24.8 Å². The molecule has 1 fully saturated rings. The average Bonchev–Trinajstić information content (AvgIpc) is 2.90. The molecule has 3 rings (SSSR count). The second kappa shape index (κ2) is 13.1. The van der Waals surface area contributed by atoms with Gasteiger partial charge in [-0.05, 0) is 74.7 Å². The van der Waals surface area contributed by atoms with Crippen LogP contribution in [-0.4, -0.2) is 57.6 Å². The minimum Gasteiger partial charge on any atom is -0.465 e. The molecule has 0 bridgehead atoms. The maximum Gasteiger partial charge on any atom is 0.345 e. The van der Waals surface area contributed by atoms with E-state index in [0.29, 0.717) is 30.3 Å². The third-order valence-corrected chi connectivity index (χ3v) is 6.96. The molecule has 9 heteroatoms. The van der Waals surface area contributed by atoms with Gasteiger partial charge in [0.1, 0.15) is 11.1 Å². The Bertz CT molecular complexity index is 988. The van der Waals surface area contributed by atoms with Gasteiger partial charge in [0.05, 0.1) is 21.3 Å². The zero-order valence-corrected chi connectivity index (χ0v) is 21.3. The van der Waals surface area contributed by atoms with Crippen LogP contribution < -0.4 is 10.6 Å². The van der Waals surface area contributed by atoms with Crippen molar-refractivity contribution in [1.29, 1.82) is 0 Å². The molecule has 0 heterocycles. The normalized spacial score (nSPS) is 23.4. The summed E-state index contributed by atoms with van der Waals surface area (Å²) >= 11 is 0. The molecule has 2 unspecified atom stereocenters. The first-order valence-electron chi connectivity index (χ1n) is 12.5.